The smallest absolute Gasteiger partial charge is 0.355 e. The number of hydrogen-bond acceptors (Lipinski definition) is 13. The number of β-lactam (4-membered cyclic amide) rings is 1. The van der Waals surface area contributed by atoms with Crippen LogP contribution in [0.1, 0.15) is 5.69 Å². The third kappa shape index (κ3) is 5.40. The summed E-state index contributed by atoms with van der Waals surface area (Å²) in [4.78, 5) is 49.2. The predicted molar refractivity (Wildman–Crippen MR) is 133 cm³/mol. The summed E-state index contributed by atoms with van der Waals surface area (Å²) in [5.41, 5.74) is 2.59. The lowest BCUT2D eigenvalue weighted by Crippen LogP contribution is -2.71. The number of carbonyl (C=O) groups excluding carboxylic acids is 3. The van der Waals surface area contributed by atoms with E-state index in [1.54, 1.807) is 17.9 Å². The normalized spacial score (nSPS) is 19.5. The van der Waals surface area contributed by atoms with Crippen LogP contribution in [0, 0.1) is 0 Å². The highest BCUT2D eigenvalue weighted by atomic mass is 35.5. The van der Waals surface area contributed by atoms with E-state index in [-0.39, 0.29) is 23.0 Å². The molecule has 36 heavy (non-hydrogen) atoms. The second-order valence-corrected chi connectivity index (χ2v) is 10.6. The number of tetrazole rings is 1. The summed E-state index contributed by atoms with van der Waals surface area (Å²) in [6.07, 6.45) is 0. The van der Waals surface area contributed by atoms with Crippen LogP contribution in [0.15, 0.2) is 44.1 Å². The molecule has 0 radical (unpaired) electrons. The van der Waals surface area contributed by atoms with Crippen LogP contribution < -0.4 is 5.32 Å². The van der Waals surface area contributed by atoms with Crippen molar-refractivity contribution in [1.29, 1.82) is 0 Å². The van der Waals surface area contributed by atoms with E-state index >= 15 is 0 Å². The maximum atomic E-state index is 13.2. The molecule has 13 nitrogen and oxygen atoms in total. The van der Waals surface area contributed by atoms with Crippen molar-refractivity contribution in [2.24, 2.45) is 12.2 Å². The van der Waals surface area contributed by atoms with Gasteiger partial charge in [0.15, 0.2) is 5.71 Å². The SMILES string of the molecule is C=C(Cl)COC(=O)C1=C(CSc2nnnn2C)CS[C@@H]2C(NC(=O)/C(=N/OC)c3cscn3)C(=O)N12. The molecule has 2 amide bonds. The predicted octanol–water partition coefficient (Wildman–Crippen LogP) is 0.759. The highest BCUT2D eigenvalue weighted by Crippen LogP contribution is 2.42. The number of carbonyl (C=O) groups is 3. The van der Waals surface area contributed by atoms with Gasteiger partial charge in [-0.05, 0) is 16.0 Å². The molecule has 4 rings (SSSR count). The average Bonchev–Trinajstić information content (AvgIpc) is 3.54. The minimum Gasteiger partial charge on any atom is -0.455 e. The second-order valence-electron chi connectivity index (χ2n) is 7.28. The maximum Gasteiger partial charge on any atom is 0.355 e. The number of nitrogens with one attached hydrogen (secondary N) is 1. The molecule has 4 heterocycles. The fourth-order valence-electron chi connectivity index (χ4n) is 3.33. The van der Waals surface area contributed by atoms with Crippen LogP contribution in [0.3, 0.4) is 0 Å². The Bertz CT molecular complexity index is 1250. The van der Waals surface area contributed by atoms with Crippen LogP contribution in [0.25, 0.3) is 0 Å². The van der Waals surface area contributed by atoms with Gasteiger partial charge in [-0.2, -0.15) is 0 Å². The number of aryl methyl sites for hydroxylation is 1. The molecular formula is C19H19ClN8O5S3. The first kappa shape index (κ1) is 26.1. The van der Waals surface area contributed by atoms with E-state index in [0.717, 1.165) is 0 Å². The van der Waals surface area contributed by atoms with Crippen molar-refractivity contribution >= 4 is 70.0 Å². The largest absolute Gasteiger partial charge is 0.455 e. The topological polar surface area (TPSA) is 154 Å². The van der Waals surface area contributed by atoms with Crippen LogP contribution in [-0.4, -0.2) is 90.2 Å². The zero-order valence-electron chi connectivity index (χ0n) is 18.9. The van der Waals surface area contributed by atoms with Crippen molar-refractivity contribution in [3.05, 3.63) is 39.5 Å². The molecule has 2 aliphatic heterocycles. The van der Waals surface area contributed by atoms with Crippen molar-refractivity contribution < 1.29 is 24.0 Å². The van der Waals surface area contributed by atoms with E-state index in [1.165, 1.54) is 51.6 Å². The first-order valence-electron chi connectivity index (χ1n) is 10.1. The molecule has 0 spiro atoms. The minimum absolute atomic E-state index is 0.0593. The first-order chi connectivity index (χ1) is 17.3. The van der Waals surface area contributed by atoms with E-state index < -0.39 is 29.2 Å². The molecule has 17 heteroatoms. The molecule has 1 saturated heterocycles. The molecule has 1 fully saturated rings. The Morgan fingerprint density at radius 2 is 2.25 bits per heavy atom. The van der Waals surface area contributed by atoms with Gasteiger partial charge in [-0.3, -0.25) is 14.5 Å². The molecule has 0 saturated carbocycles. The third-order valence-corrected chi connectivity index (χ3v) is 8.05. The van der Waals surface area contributed by atoms with Crippen LogP contribution in [0.5, 0.6) is 0 Å². The fourth-order valence-corrected chi connectivity index (χ4v) is 6.25. The highest BCUT2D eigenvalue weighted by Gasteiger charge is 2.54. The second kappa shape index (κ2) is 11.4. The number of fused-ring (bicyclic) bond motifs is 1. The number of amides is 2. The van der Waals surface area contributed by atoms with Crippen LogP contribution in [0.2, 0.25) is 0 Å². The molecule has 190 valence electrons. The molecule has 2 aromatic heterocycles. The van der Waals surface area contributed by atoms with Crippen molar-refractivity contribution in [2.75, 3.05) is 25.2 Å². The number of hydrogen-bond donors (Lipinski definition) is 1. The Morgan fingerprint density at radius 1 is 1.44 bits per heavy atom. The standard InChI is InChI=1S/C19H19ClN8O5S3/c1-9(20)4-33-18(31)14-10(6-36-19-23-25-26-27(19)2)5-35-17-13(16(30)28(14)17)22-15(29)12(24-32-3)11-7-34-8-21-11/h7-8,13,17H,1,4-6H2,2-3H3,(H,22,29)/b24-12+/t13?,17-/m1/s1. The Balaban J connectivity index is 1.54. The zero-order chi connectivity index (χ0) is 25.8. The number of oxime groups is 1. The molecule has 1 unspecified atom stereocenters. The van der Waals surface area contributed by atoms with E-state index in [4.69, 9.17) is 21.2 Å². The summed E-state index contributed by atoms with van der Waals surface area (Å²) < 4.78 is 6.76. The van der Waals surface area contributed by atoms with E-state index in [1.807, 2.05) is 0 Å². The summed E-state index contributed by atoms with van der Waals surface area (Å²) >= 11 is 9.77. The number of halogens is 1. The Kier molecular flexibility index (Phi) is 8.28. The molecule has 2 aromatic rings. The molecule has 0 bridgehead atoms. The minimum atomic E-state index is -0.883. The zero-order valence-corrected chi connectivity index (χ0v) is 22.1. The van der Waals surface area contributed by atoms with Gasteiger partial charge in [-0.1, -0.05) is 35.1 Å². The van der Waals surface area contributed by atoms with E-state index in [9.17, 15) is 14.4 Å². The van der Waals surface area contributed by atoms with Gasteiger partial charge in [-0.25, -0.2) is 14.5 Å². The lowest BCUT2D eigenvalue weighted by molar-refractivity contribution is -0.152. The Hall–Kier alpha value is -2.95. The molecular weight excluding hydrogens is 552 g/mol. The number of esters is 1. The van der Waals surface area contributed by atoms with Crippen molar-refractivity contribution in [3.8, 4) is 0 Å². The number of aromatic nitrogens is 5. The molecule has 2 aliphatic rings. The molecule has 1 N–H and O–H groups in total. The van der Waals surface area contributed by atoms with Gasteiger partial charge >= 0.3 is 5.97 Å². The Labute approximate surface area is 222 Å². The van der Waals surface area contributed by atoms with Crippen LogP contribution >= 0.6 is 46.5 Å². The number of thioether (sulfide) groups is 2. The van der Waals surface area contributed by atoms with Crippen molar-refractivity contribution in [2.45, 2.75) is 16.6 Å². The van der Waals surface area contributed by atoms with Gasteiger partial charge in [-0.15, -0.1) is 28.2 Å². The molecule has 0 aliphatic carbocycles. The van der Waals surface area contributed by atoms with Crippen molar-refractivity contribution in [3.63, 3.8) is 0 Å². The average molecular weight is 571 g/mol. The Morgan fingerprint density at radius 3 is 2.89 bits per heavy atom. The molecule has 0 aromatic carbocycles. The number of nitrogens with zero attached hydrogens (tertiary/aromatic N) is 7. The summed E-state index contributed by atoms with van der Waals surface area (Å²) in [7, 11) is 3.00. The van der Waals surface area contributed by atoms with E-state index in [0.29, 0.717) is 27.9 Å². The van der Waals surface area contributed by atoms with Crippen molar-refractivity contribution in [1.82, 2.24) is 35.4 Å². The van der Waals surface area contributed by atoms with Crippen LogP contribution in [0.4, 0.5) is 0 Å². The number of thiazole rings is 1. The van der Waals surface area contributed by atoms with Gasteiger partial charge < -0.3 is 14.9 Å². The van der Waals surface area contributed by atoms with Gasteiger partial charge in [0.05, 0.1) is 5.51 Å². The summed E-state index contributed by atoms with van der Waals surface area (Å²) in [6.45, 7) is 3.31. The summed E-state index contributed by atoms with van der Waals surface area (Å²) in [6, 6.07) is -0.883. The molecule has 2 atom stereocenters. The summed E-state index contributed by atoms with van der Waals surface area (Å²) in [5.74, 6) is -1.04. The van der Waals surface area contributed by atoms with E-state index in [2.05, 4.69) is 37.6 Å². The van der Waals surface area contributed by atoms with Crippen LogP contribution in [-0.2, 0) is 31.0 Å². The van der Waals surface area contributed by atoms with Gasteiger partial charge in [0, 0.05) is 29.0 Å². The third-order valence-electron chi connectivity index (χ3n) is 4.92. The summed E-state index contributed by atoms with van der Waals surface area (Å²) in [5, 5.41) is 19.5. The highest BCUT2D eigenvalue weighted by molar-refractivity contribution is 8.01. The lowest BCUT2D eigenvalue weighted by Gasteiger charge is -2.49. The van der Waals surface area contributed by atoms with Gasteiger partial charge in [0.2, 0.25) is 5.16 Å². The first-order valence-corrected chi connectivity index (χ1v) is 13.5. The monoisotopic (exact) mass is 570 g/mol. The fraction of sp³-hybridized carbons (Fsp3) is 0.368. The quantitative estimate of drug-likeness (QED) is 0.141. The van der Waals surface area contributed by atoms with Gasteiger partial charge in [0.1, 0.15) is 36.5 Å². The number of rotatable bonds is 10. The number of ether oxygens (including phenoxy) is 1. The van der Waals surface area contributed by atoms with Gasteiger partial charge in [0.25, 0.3) is 11.8 Å². The lowest BCUT2D eigenvalue weighted by atomic mass is 10.0. The maximum absolute atomic E-state index is 13.2.